The highest BCUT2D eigenvalue weighted by atomic mass is 16.7. The van der Waals surface area contributed by atoms with E-state index < -0.39 is 18.1 Å². The van der Waals surface area contributed by atoms with Crippen molar-refractivity contribution in [3.8, 4) is 0 Å². The lowest BCUT2D eigenvalue weighted by molar-refractivity contribution is -0.141. The molecule has 0 unspecified atom stereocenters. The van der Waals surface area contributed by atoms with E-state index in [2.05, 4.69) is 13.2 Å². The third-order valence-electron chi connectivity index (χ3n) is 2.51. The third-order valence-corrected chi connectivity index (χ3v) is 2.51. The van der Waals surface area contributed by atoms with Gasteiger partial charge in [0.1, 0.15) is 26.4 Å². The van der Waals surface area contributed by atoms with Crippen LogP contribution in [0.1, 0.15) is 13.8 Å². The molecule has 0 aromatic carbocycles. The van der Waals surface area contributed by atoms with E-state index in [0.717, 1.165) is 0 Å². The quantitative estimate of drug-likeness (QED) is 0.193. The maximum Gasteiger partial charge on any atom is 0.508 e. The second kappa shape index (κ2) is 14.9. The number of hydrogen-bond acceptors (Lipinski definition) is 9. The normalized spacial score (nSPS) is 9.92. The molecule has 0 atom stereocenters. The van der Waals surface area contributed by atoms with Gasteiger partial charge in [0.25, 0.3) is 0 Å². The Morgan fingerprint density at radius 1 is 0.577 bits per heavy atom. The predicted octanol–water partition coefficient (Wildman–Crippen LogP) is 1.41. The Labute approximate surface area is 152 Å². The number of rotatable bonds is 14. The standard InChI is InChI=1S/C17H26O9/c1-13(2)15(18)23-9-5-21-7-11-25-17(20)26-12-8-22-6-10-24-16(19)14(3)4/h1,3,5-12H2,2,4H3. The van der Waals surface area contributed by atoms with Crippen molar-refractivity contribution in [3.05, 3.63) is 24.3 Å². The summed E-state index contributed by atoms with van der Waals surface area (Å²) in [6, 6.07) is 0. The highest BCUT2D eigenvalue weighted by Crippen LogP contribution is 1.93. The summed E-state index contributed by atoms with van der Waals surface area (Å²) in [6.07, 6.45) is -0.848. The lowest BCUT2D eigenvalue weighted by atomic mass is 10.4. The summed E-state index contributed by atoms with van der Waals surface area (Å²) in [5, 5.41) is 0. The molecular weight excluding hydrogens is 348 g/mol. The Balaban J connectivity index is 3.37. The van der Waals surface area contributed by atoms with E-state index in [4.69, 9.17) is 28.4 Å². The van der Waals surface area contributed by atoms with Crippen LogP contribution in [0.3, 0.4) is 0 Å². The SMILES string of the molecule is C=C(C)C(=O)OCCOCCOC(=O)OCCOCCOC(=O)C(=C)C. The molecule has 0 aromatic heterocycles. The highest BCUT2D eigenvalue weighted by molar-refractivity contribution is 5.87. The van der Waals surface area contributed by atoms with Gasteiger partial charge in [-0.2, -0.15) is 0 Å². The zero-order valence-electron chi connectivity index (χ0n) is 15.2. The van der Waals surface area contributed by atoms with Gasteiger partial charge in [-0.3, -0.25) is 0 Å². The van der Waals surface area contributed by atoms with Crippen molar-refractivity contribution in [1.29, 1.82) is 0 Å². The van der Waals surface area contributed by atoms with Crippen molar-refractivity contribution in [2.24, 2.45) is 0 Å². The minimum Gasteiger partial charge on any atom is -0.460 e. The molecule has 0 aliphatic rings. The summed E-state index contributed by atoms with van der Waals surface area (Å²) < 4.78 is 29.3. The van der Waals surface area contributed by atoms with Gasteiger partial charge in [-0.25, -0.2) is 14.4 Å². The van der Waals surface area contributed by atoms with Gasteiger partial charge in [0, 0.05) is 11.1 Å². The molecule has 0 saturated heterocycles. The molecule has 0 heterocycles. The van der Waals surface area contributed by atoms with Gasteiger partial charge >= 0.3 is 18.1 Å². The molecule has 148 valence electrons. The van der Waals surface area contributed by atoms with Crippen LogP contribution in [0.15, 0.2) is 24.3 Å². The number of esters is 2. The Morgan fingerprint density at radius 2 is 0.885 bits per heavy atom. The van der Waals surface area contributed by atoms with Crippen molar-refractivity contribution in [2.45, 2.75) is 13.8 Å². The zero-order chi connectivity index (χ0) is 19.8. The monoisotopic (exact) mass is 374 g/mol. The summed E-state index contributed by atoms with van der Waals surface area (Å²) >= 11 is 0. The van der Waals surface area contributed by atoms with Crippen LogP contribution in [0, 0.1) is 0 Å². The van der Waals surface area contributed by atoms with E-state index in [1.54, 1.807) is 13.8 Å². The third kappa shape index (κ3) is 14.0. The molecule has 0 aliphatic heterocycles. The van der Waals surface area contributed by atoms with Crippen molar-refractivity contribution >= 4 is 18.1 Å². The first-order valence-electron chi connectivity index (χ1n) is 7.95. The van der Waals surface area contributed by atoms with Crippen LogP contribution in [-0.2, 0) is 38.0 Å². The van der Waals surface area contributed by atoms with E-state index in [1.165, 1.54) is 0 Å². The Morgan fingerprint density at radius 3 is 1.19 bits per heavy atom. The fourth-order valence-electron chi connectivity index (χ4n) is 1.25. The second-order valence-corrected chi connectivity index (χ2v) is 5.00. The molecule has 9 nitrogen and oxygen atoms in total. The molecule has 0 fully saturated rings. The largest absolute Gasteiger partial charge is 0.508 e. The van der Waals surface area contributed by atoms with E-state index in [1.807, 2.05) is 0 Å². The Hall–Kier alpha value is -2.39. The number of carbonyl (C=O) groups is 3. The molecule has 0 N–H and O–H groups in total. The van der Waals surface area contributed by atoms with Crippen LogP contribution in [-0.4, -0.2) is 70.9 Å². The fourth-order valence-corrected chi connectivity index (χ4v) is 1.25. The van der Waals surface area contributed by atoms with E-state index in [-0.39, 0.29) is 52.9 Å². The van der Waals surface area contributed by atoms with Gasteiger partial charge in [0.2, 0.25) is 0 Å². The highest BCUT2D eigenvalue weighted by Gasteiger charge is 2.05. The van der Waals surface area contributed by atoms with Crippen molar-refractivity contribution < 1.29 is 42.8 Å². The molecule has 0 spiro atoms. The average molecular weight is 374 g/mol. The predicted molar refractivity (Wildman–Crippen MR) is 90.5 cm³/mol. The van der Waals surface area contributed by atoms with Gasteiger partial charge < -0.3 is 28.4 Å². The molecular formula is C17H26O9. The summed E-state index contributed by atoms with van der Waals surface area (Å²) in [5.41, 5.74) is 0.626. The molecule has 0 aliphatic carbocycles. The number of hydrogen-bond donors (Lipinski definition) is 0. The van der Waals surface area contributed by atoms with E-state index in [9.17, 15) is 14.4 Å². The van der Waals surface area contributed by atoms with Crippen LogP contribution in [0.25, 0.3) is 0 Å². The summed E-state index contributed by atoms with van der Waals surface area (Å²) in [5.74, 6) is -0.964. The first-order valence-corrected chi connectivity index (χ1v) is 7.95. The molecule has 0 bridgehead atoms. The molecule has 0 amide bonds. The molecule has 0 rings (SSSR count). The van der Waals surface area contributed by atoms with Crippen LogP contribution in [0.4, 0.5) is 4.79 Å². The van der Waals surface area contributed by atoms with Crippen LogP contribution < -0.4 is 0 Å². The topological polar surface area (TPSA) is 107 Å². The van der Waals surface area contributed by atoms with Crippen molar-refractivity contribution in [3.63, 3.8) is 0 Å². The smallest absolute Gasteiger partial charge is 0.460 e. The van der Waals surface area contributed by atoms with Crippen molar-refractivity contribution in [1.82, 2.24) is 0 Å². The van der Waals surface area contributed by atoms with Gasteiger partial charge in [-0.05, 0) is 13.8 Å². The zero-order valence-corrected chi connectivity index (χ0v) is 15.2. The van der Waals surface area contributed by atoms with Gasteiger partial charge in [-0.15, -0.1) is 0 Å². The maximum atomic E-state index is 11.2. The van der Waals surface area contributed by atoms with Crippen LogP contribution in [0.5, 0.6) is 0 Å². The summed E-state index contributed by atoms with van der Waals surface area (Å²) in [4.78, 5) is 33.4. The minimum absolute atomic E-state index is 0.00494. The molecule has 9 heteroatoms. The second-order valence-electron chi connectivity index (χ2n) is 5.00. The number of carbonyl (C=O) groups excluding carboxylic acids is 3. The molecule has 0 radical (unpaired) electrons. The lowest BCUT2D eigenvalue weighted by Gasteiger charge is -2.08. The maximum absolute atomic E-state index is 11.2. The first kappa shape index (κ1) is 23.6. The van der Waals surface area contributed by atoms with Gasteiger partial charge in [0.15, 0.2) is 0 Å². The molecule has 26 heavy (non-hydrogen) atoms. The van der Waals surface area contributed by atoms with E-state index in [0.29, 0.717) is 11.1 Å². The summed E-state index contributed by atoms with van der Waals surface area (Å²) in [7, 11) is 0. The first-order chi connectivity index (χ1) is 12.3. The fraction of sp³-hybridized carbons (Fsp3) is 0.588. The van der Waals surface area contributed by atoms with Crippen LogP contribution >= 0.6 is 0 Å². The van der Waals surface area contributed by atoms with Gasteiger partial charge in [-0.1, -0.05) is 13.2 Å². The Kier molecular flexibility index (Phi) is 13.5. The molecule has 0 saturated carbocycles. The Bertz CT molecular complexity index is 443. The lowest BCUT2D eigenvalue weighted by Crippen LogP contribution is -2.17. The van der Waals surface area contributed by atoms with E-state index >= 15 is 0 Å². The minimum atomic E-state index is -0.848. The van der Waals surface area contributed by atoms with Crippen LogP contribution in [0.2, 0.25) is 0 Å². The number of ether oxygens (including phenoxy) is 6. The summed E-state index contributed by atoms with van der Waals surface area (Å²) in [6.45, 7) is 10.8. The molecule has 0 aromatic rings. The van der Waals surface area contributed by atoms with Gasteiger partial charge in [0.05, 0.1) is 26.4 Å². The van der Waals surface area contributed by atoms with Crippen molar-refractivity contribution in [2.75, 3.05) is 52.9 Å². The average Bonchev–Trinajstić information content (AvgIpc) is 2.59.